The average Bonchev–Trinajstić information content (AvgIpc) is 2.41. The summed E-state index contributed by atoms with van der Waals surface area (Å²) in [7, 11) is 0. The summed E-state index contributed by atoms with van der Waals surface area (Å²) in [6, 6.07) is 9.12. The first-order valence-electron chi connectivity index (χ1n) is 5.71. The zero-order valence-corrected chi connectivity index (χ0v) is 9.52. The minimum Gasteiger partial charge on any atom is -0.361 e. The molecule has 3 nitrogen and oxygen atoms in total. The van der Waals surface area contributed by atoms with E-state index in [9.17, 15) is 0 Å². The Balaban J connectivity index is 1.91. The zero-order valence-electron chi connectivity index (χ0n) is 9.52. The molecule has 0 N–H and O–H groups in total. The summed E-state index contributed by atoms with van der Waals surface area (Å²) in [4.78, 5) is 5.25. The van der Waals surface area contributed by atoms with Gasteiger partial charge >= 0.3 is 0 Å². The third-order valence-electron chi connectivity index (χ3n) is 2.60. The van der Waals surface area contributed by atoms with E-state index in [1.807, 2.05) is 0 Å². The predicted octanol–water partition coefficient (Wildman–Crippen LogP) is 3.24. The van der Waals surface area contributed by atoms with Gasteiger partial charge in [-0.3, -0.25) is 0 Å². The Morgan fingerprint density at radius 1 is 1.12 bits per heavy atom. The quantitative estimate of drug-likeness (QED) is 0.585. The van der Waals surface area contributed by atoms with Crippen LogP contribution in [0.3, 0.4) is 0 Å². The maximum Gasteiger partial charge on any atom is 0.140 e. The molecule has 1 aromatic carbocycles. The predicted molar refractivity (Wildman–Crippen MR) is 65.3 cm³/mol. The molecule has 2 rings (SSSR count). The fourth-order valence-electron chi connectivity index (χ4n) is 1.65. The van der Waals surface area contributed by atoms with Crippen molar-refractivity contribution in [2.45, 2.75) is 25.7 Å². The van der Waals surface area contributed by atoms with Crippen LogP contribution in [0, 0.1) is 11.3 Å². The van der Waals surface area contributed by atoms with E-state index in [-0.39, 0.29) is 0 Å². The monoisotopic (exact) mass is 225 g/mol. The van der Waals surface area contributed by atoms with Gasteiger partial charge in [-0.05, 0) is 37.5 Å². The lowest BCUT2D eigenvalue weighted by Crippen LogP contribution is -1.93. The third-order valence-corrected chi connectivity index (χ3v) is 2.60. The Kier molecular flexibility index (Phi) is 3.93. The lowest BCUT2D eigenvalue weighted by molar-refractivity contribution is 0.210. The fourth-order valence-corrected chi connectivity index (χ4v) is 1.65. The zero-order chi connectivity index (χ0) is 11.9. The van der Waals surface area contributed by atoms with Gasteiger partial charge in [-0.1, -0.05) is 17.3 Å². The Labute approximate surface area is 101 Å². The summed E-state index contributed by atoms with van der Waals surface area (Å²) in [5.74, 6) is 0.928. The highest BCUT2D eigenvalue weighted by Crippen LogP contribution is 2.18. The number of hydrogen-bond donors (Lipinski definition) is 0. The van der Waals surface area contributed by atoms with Crippen molar-refractivity contribution in [3.8, 4) is 6.07 Å². The first kappa shape index (κ1) is 11.4. The molecule has 17 heavy (non-hydrogen) atoms. The molecule has 0 fully saturated rings. The highest BCUT2D eigenvalue weighted by Gasteiger charge is 2.03. The molecule has 0 bridgehead atoms. The fraction of sp³-hybridized carbons (Fsp3) is 0.286. The molecule has 1 aliphatic carbocycles. The molecule has 1 radical (unpaired) electrons. The largest absolute Gasteiger partial charge is 0.361 e. The Hall–Kier alpha value is -2.08. The molecule has 0 saturated carbocycles. The molecule has 0 saturated heterocycles. The van der Waals surface area contributed by atoms with E-state index in [0.717, 1.165) is 30.6 Å². The Bertz CT molecular complexity index is 466. The third kappa shape index (κ3) is 3.46. The SMILES string of the molecule is N#Cc1ccc([C]=NOC2=CCCCC2)cc1. The summed E-state index contributed by atoms with van der Waals surface area (Å²) < 4.78 is 0. The lowest BCUT2D eigenvalue weighted by Gasteiger charge is -2.08. The molecule has 85 valence electrons. The first-order chi connectivity index (χ1) is 8.38. The molecular weight excluding hydrogens is 212 g/mol. The second-order valence-electron chi connectivity index (χ2n) is 3.90. The van der Waals surface area contributed by atoms with Crippen molar-refractivity contribution in [3.63, 3.8) is 0 Å². The molecule has 0 aliphatic heterocycles. The van der Waals surface area contributed by atoms with Crippen LogP contribution in [0.5, 0.6) is 0 Å². The Morgan fingerprint density at radius 3 is 2.53 bits per heavy atom. The topological polar surface area (TPSA) is 45.4 Å². The van der Waals surface area contributed by atoms with Crippen molar-refractivity contribution in [1.29, 1.82) is 5.26 Å². The van der Waals surface area contributed by atoms with Crippen molar-refractivity contribution in [3.05, 3.63) is 47.2 Å². The van der Waals surface area contributed by atoms with E-state index >= 15 is 0 Å². The number of benzene rings is 1. The van der Waals surface area contributed by atoms with Crippen LogP contribution in [0.25, 0.3) is 0 Å². The average molecular weight is 225 g/mol. The van der Waals surface area contributed by atoms with E-state index in [4.69, 9.17) is 10.1 Å². The number of rotatable bonds is 3. The molecular formula is C14H13N2O. The normalized spacial score (nSPS) is 15.4. The van der Waals surface area contributed by atoms with Gasteiger partial charge in [0.05, 0.1) is 11.6 Å². The van der Waals surface area contributed by atoms with E-state index < -0.39 is 0 Å². The minimum atomic E-state index is 0.631. The van der Waals surface area contributed by atoms with Crippen LogP contribution in [0.2, 0.25) is 0 Å². The van der Waals surface area contributed by atoms with Gasteiger partial charge in [-0.2, -0.15) is 5.26 Å². The summed E-state index contributed by atoms with van der Waals surface area (Å²) in [6.45, 7) is 0. The van der Waals surface area contributed by atoms with Crippen molar-refractivity contribution < 1.29 is 4.84 Å². The van der Waals surface area contributed by atoms with Crippen molar-refractivity contribution >= 4 is 6.21 Å². The summed E-state index contributed by atoms with van der Waals surface area (Å²) in [6.07, 6.45) is 9.30. The second kappa shape index (κ2) is 5.86. The van der Waals surface area contributed by atoms with Gasteiger partial charge in [0.2, 0.25) is 0 Å². The van der Waals surface area contributed by atoms with Crippen LogP contribution in [0.4, 0.5) is 0 Å². The van der Waals surface area contributed by atoms with Crippen LogP contribution < -0.4 is 0 Å². The van der Waals surface area contributed by atoms with E-state index in [0.29, 0.717) is 5.56 Å². The molecule has 0 unspecified atom stereocenters. The summed E-state index contributed by atoms with van der Waals surface area (Å²) in [5.41, 5.74) is 1.44. The van der Waals surface area contributed by atoms with Crippen LogP contribution in [-0.4, -0.2) is 6.21 Å². The van der Waals surface area contributed by atoms with Gasteiger partial charge < -0.3 is 4.84 Å². The molecule has 1 aliphatic rings. The van der Waals surface area contributed by atoms with Crippen LogP contribution in [-0.2, 0) is 4.84 Å². The smallest absolute Gasteiger partial charge is 0.140 e. The standard InChI is InChI=1S/C14H13N2O/c15-10-12-6-8-13(9-7-12)11-16-17-14-4-2-1-3-5-14/h4,6-9H,1-3,5H2. The van der Waals surface area contributed by atoms with Crippen molar-refractivity contribution in [2.24, 2.45) is 5.16 Å². The number of nitriles is 1. The maximum atomic E-state index is 8.65. The van der Waals surface area contributed by atoms with Gasteiger partial charge in [0.25, 0.3) is 0 Å². The molecule has 1 aromatic rings. The maximum absolute atomic E-state index is 8.65. The molecule has 0 amide bonds. The van der Waals surface area contributed by atoms with E-state index in [2.05, 4.69) is 23.5 Å². The molecule has 0 aromatic heterocycles. The van der Waals surface area contributed by atoms with Gasteiger partial charge in [0, 0.05) is 12.0 Å². The van der Waals surface area contributed by atoms with Gasteiger partial charge in [-0.25, -0.2) is 0 Å². The molecule has 3 heteroatoms. The van der Waals surface area contributed by atoms with Crippen molar-refractivity contribution in [1.82, 2.24) is 0 Å². The molecule has 0 spiro atoms. The van der Waals surface area contributed by atoms with Gasteiger partial charge in [0.1, 0.15) is 12.0 Å². The molecule has 0 atom stereocenters. The van der Waals surface area contributed by atoms with E-state index in [1.165, 1.54) is 6.42 Å². The number of nitrogens with zero attached hydrogens (tertiary/aromatic N) is 2. The van der Waals surface area contributed by atoms with Gasteiger partial charge in [0.15, 0.2) is 0 Å². The summed E-state index contributed by atoms with van der Waals surface area (Å²) >= 11 is 0. The summed E-state index contributed by atoms with van der Waals surface area (Å²) in [5, 5.41) is 12.5. The highest BCUT2D eigenvalue weighted by atomic mass is 16.6. The van der Waals surface area contributed by atoms with Crippen LogP contribution >= 0.6 is 0 Å². The van der Waals surface area contributed by atoms with Crippen LogP contribution in [0.15, 0.2) is 41.3 Å². The Morgan fingerprint density at radius 2 is 1.88 bits per heavy atom. The molecule has 0 heterocycles. The number of hydrogen-bond acceptors (Lipinski definition) is 3. The minimum absolute atomic E-state index is 0.631. The second-order valence-corrected chi connectivity index (χ2v) is 3.90. The first-order valence-corrected chi connectivity index (χ1v) is 5.71. The van der Waals surface area contributed by atoms with Crippen molar-refractivity contribution in [2.75, 3.05) is 0 Å². The van der Waals surface area contributed by atoms with Gasteiger partial charge in [-0.15, -0.1) is 0 Å². The van der Waals surface area contributed by atoms with Crippen LogP contribution in [0.1, 0.15) is 36.8 Å². The van der Waals surface area contributed by atoms with E-state index in [1.54, 1.807) is 24.3 Å². The number of allylic oxidation sites excluding steroid dienone is 2. The lowest BCUT2D eigenvalue weighted by atomic mass is 10.1. The highest BCUT2D eigenvalue weighted by molar-refractivity contribution is 5.79.